The quantitative estimate of drug-likeness (QED) is 0.573. The maximum Gasteiger partial charge on any atom is 0.0598 e. The van der Waals surface area contributed by atoms with Crippen LogP contribution in [-0.4, -0.2) is 5.75 Å². The van der Waals surface area contributed by atoms with Gasteiger partial charge in [-0.15, -0.1) is 23.1 Å². The molecule has 1 radical (unpaired) electrons. The van der Waals surface area contributed by atoms with Gasteiger partial charge in [-0.3, -0.25) is 0 Å². The molecule has 2 heteroatoms. The first-order chi connectivity index (χ1) is 3.93. The highest BCUT2D eigenvalue weighted by molar-refractivity contribution is 8.01. The molecular formula is C6H7S2. The zero-order valence-corrected chi connectivity index (χ0v) is 6.10. The smallest absolute Gasteiger partial charge is 0.0598 e. The summed E-state index contributed by atoms with van der Waals surface area (Å²) in [6, 6.07) is 4.17. The Labute approximate surface area is 57.9 Å². The highest BCUT2D eigenvalue weighted by Gasteiger charge is 1.87. The van der Waals surface area contributed by atoms with Gasteiger partial charge in [-0.1, -0.05) is 6.07 Å². The van der Waals surface area contributed by atoms with Crippen LogP contribution in [0.4, 0.5) is 0 Å². The molecule has 1 aromatic rings. The van der Waals surface area contributed by atoms with E-state index in [-0.39, 0.29) is 0 Å². The van der Waals surface area contributed by atoms with Crippen molar-refractivity contribution < 1.29 is 0 Å². The first kappa shape index (κ1) is 6.17. The maximum absolute atomic E-state index is 3.73. The third kappa shape index (κ3) is 1.53. The summed E-state index contributed by atoms with van der Waals surface area (Å²) in [4.78, 5) is 0. The van der Waals surface area contributed by atoms with Gasteiger partial charge in [0.05, 0.1) is 4.21 Å². The molecule has 0 saturated heterocycles. The van der Waals surface area contributed by atoms with Gasteiger partial charge in [-0.2, -0.15) is 0 Å². The van der Waals surface area contributed by atoms with Crippen LogP contribution in [0.3, 0.4) is 0 Å². The van der Waals surface area contributed by atoms with Gasteiger partial charge in [0, 0.05) is 0 Å². The van der Waals surface area contributed by atoms with Crippen LogP contribution >= 0.6 is 23.1 Å². The lowest BCUT2D eigenvalue weighted by Crippen LogP contribution is -1.60. The number of hydrogen-bond acceptors (Lipinski definition) is 2. The summed E-state index contributed by atoms with van der Waals surface area (Å²) in [5.74, 6) is 0.931. The Morgan fingerprint density at radius 1 is 1.75 bits per heavy atom. The van der Waals surface area contributed by atoms with Crippen molar-refractivity contribution in [2.45, 2.75) is 4.21 Å². The molecule has 1 rings (SSSR count). The average Bonchev–Trinajstić information content (AvgIpc) is 2.19. The summed E-state index contributed by atoms with van der Waals surface area (Å²) in [6.45, 7) is 3.73. The van der Waals surface area contributed by atoms with Gasteiger partial charge < -0.3 is 0 Å². The lowest BCUT2D eigenvalue weighted by atomic mass is 10.7. The molecule has 0 aliphatic rings. The fourth-order valence-corrected chi connectivity index (χ4v) is 1.96. The Hall–Kier alpha value is 0.0500. The Balaban J connectivity index is 2.50. The third-order valence-electron chi connectivity index (χ3n) is 0.739. The SMILES string of the molecule is [CH2]CSc1cccs1. The number of thiophene rings is 1. The molecule has 0 bridgehead atoms. The van der Waals surface area contributed by atoms with Gasteiger partial charge in [0.2, 0.25) is 0 Å². The predicted octanol–water partition coefficient (Wildman–Crippen LogP) is 2.67. The summed E-state index contributed by atoms with van der Waals surface area (Å²) in [6.07, 6.45) is 0. The van der Waals surface area contributed by atoms with E-state index in [1.165, 1.54) is 4.21 Å². The normalized spacial score (nSPS) is 9.62. The Kier molecular flexibility index (Phi) is 2.43. The first-order valence-electron chi connectivity index (χ1n) is 2.39. The molecule has 1 aromatic heterocycles. The van der Waals surface area contributed by atoms with Crippen LogP contribution < -0.4 is 0 Å². The second-order valence-electron chi connectivity index (χ2n) is 1.28. The summed E-state index contributed by atoms with van der Waals surface area (Å²) in [5, 5.41) is 2.08. The lowest BCUT2D eigenvalue weighted by Gasteiger charge is -1.85. The topological polar surface area (TPSA) is 0 Å². The van der Waals surface area contributed by atoms with E-state index in [0.29, 0.717) is 0 Å². The molecule has 0 aliphatic heterocycles. The van der Waals surface area contributed by atoms with E-state index in [1.807, 2.05) is 0 Å². The van der Waals surface area contributed by atoms with Gasteiger partial charge >= 0.3 is 0 Å². The van der Waals surface area contributed by atoms with E-state index in [2.05, 4.69) is 24.4 Å². The molecule has 0 aliphatic carbocycles. The van der Waals surface area contributed by atoms with Crippen molar-refractivity contribution in [2.24, 2.45) is 0 Å². The Morgan fingerprint density at radius 3 is 3.12 bits per heavy atom. The summed E-state index contributed by atoms with van der Waals surface area (Å²) < 4.78 is 1.36. The lowest BCUT2D eigenvalue weighted by molar-refractivity contribution is 1.70. The van der Waals surface area contributed by atoms with Gasteiger partial charge in [0.25, 0.3) is 0 Å². The van der Waals surface area contributed by atoms with E-state index < -0.39 is 0 Å². The van der Waals surface area contributed by atoms with Crippen molar-refractivity contribution in [3.63, 3.8) is 0 Å². The molecule has 0 aromatic carbocycles. The summed E-state index contributed by atoms with van der Waals surface area (Å²) in [7, 11) is 0. The van der Waals surface area contributed by atoms with Gasteiger partial charge in [0.1, 0.15) is 0 Å². The first-order valence-corrected chi connectivity index (χ1v) is 4.25. The van der Waals surface area contributed by atoms with Crippen molar-refractivity contribution in [3.05, 3.63) is 24.4 Å². The second kappa shape index (κ2) is 3.15. The van der Waals surface area contributed by atoms with Crippen LogP contribution in [0.25, 0.3) is 0 Å². The average molecular weight is 143 g/mol. The van der Waals surface area contributed by atoms with Crippen LogP contribution in [-0.2, 0) is 0 Å². The highest BCUT2D eigenvalue weighted by atomic mass is 32.2. The zero-order valence-electron chi connectivity index (χ0n) is 4.46. The van der Waals surface area contributed by atoms with E-state index in [1.54, 1.807) is 23.1 Å². The van der Waals surface area contributed by atoms with Gasteiger partial charge in [-0.25, -0.2) is 0 Å². The Bertz CT molecular complexity index is 132. The van der Waals surface area contributed by atoms with E-state index in [9.17, 15) is 0 Å². The van der Waals surface area contributed by atoms with Crippen molar-refractivity contribution in [3.8, 4) is 0 Å². The molecule has 43 valence electrons. The van der Waals surface area contributed by atoms with Crippen molar-refractivity contribution in [1.82, 2.24) is 0 Å². The number of hydrogen-bond donors (Lipinski definition) is 0. The minimum atomic E-state index is 0.931. The summed E-state index contributed by atoms with van der Waals surface area (Å²) >= 11 is 3.56. The fourth-order valence-electron chi connectivity index (χ4n) is 0.446. The molecule has 0 amide bonds. The molecule has 8 heavy (non-hydrogen) atoms. The highest BCUT2D eigenvalue weighted by Crippen LogP contribution is 2.22. The minimum absolute atomic E-state index is 0.931. The van der Waals surface area contributed by atoms with Crippen molar-refractivity contribution >= 4 is 23.1 Å². The number of thioether (sulfide) groups is 1. The molecule has 0 atom stereocenters. The van der Waals surface area contributed by atoms with Crippen LogP contribution in [0, 0.1) is 6.92 Å². The second-order valence-corrected chi connectivity index (χ2v) is 3.62. The minimum Gasteiger partial charge on any atom is -0.137 e. The maximum atomic E-state index is 3.73. The van der Waals surface area contributed by atoms with E-state index in [0.717, 1.165) is 5.75 Å². The van der Waals surface area contributed by atoms with Crippen LogP contribution in [0.1, 0.15) is 0 Å². The molecule has 0 saturated carbocycles. The van der Waals surface area contributed by atoms with Gasteiger partial charge in [0.15, 0.2) is 0 Å². The van der Waals surface area contributed by atoms with Crippen molar-refractivity contribution in [1.29, 1.82) is 0 Å². The van der Waals surface area contributed by atoms with Crippen LogP contribution in [0.2, 0.25) is 0 Å². The summed E-state index contributed by atoms with van der Waals surface area (Å²) in [5.41, 5.74) is 0. The van der Waals surface area contributed by atoms with Crippen LogP contribution in [0.15, 0.2) is 21.7 Å². The number of rotatable bonds is 2. The molecule has 0 nitrogen and oxygen atoms in total. The standard InChI is InChI=1S/C6H7S2/c1-2-7-6-4-3-5-8-6/h3-5H,1-2H2. The molecule has 0 N–H and O–H groups in total. The van der Waals surface area contributed by atoms with E-state index in [4.69, 9.17) is 0 Å². The van der Waals surface area contributed by atoms with Crippen molar-refractivity contribution in [2.75, 3.05) is 5.75 Å². The third-order valence-corrected chi connectivity index (χ3v) is 2.67. The predicted molar refractivity (Wildman–Crippen MR) is 40.4 cm³/mol. The molecule has 1 heterocycles. The Morgan fingerprint density at radius 2 is 2.62 bits per heavy atom. The van der Waals surface area contributed by atoms with Crippen LogP contribution in [0.5, 0.6) is 0 Å². The zero-order chi connectivity index (χ0) is 5.82. The van der Waals surface area contributed by atoms with E-state index >= 15 is 0 Å². The molecule has 0 spiro atoms. The molecule has 0 unspecified atom stereocenters. The molecular weight excluding hydrogens is 136 g/mol. The largest absolute Gasteiger partial charge is 0.137 e. The van der Waals surface area contributed by atoms with Gasteiger partial charge in [-0.05, 0) is 24.1 Å². The fraction of sp³-hybridized carbons (Fsp3) is 0.167. The molecule has 0 fully saturated rings. The monoisotopic (exact) mass is 143 g/mol.